The van der Waals surface area contributed by atoms with Gasteiger partial charge in [-0.3, -0.25) is 4.79 Å². The summed E-state index contributed by atoms with van der Waals surface area (Å²) in [5, 5.41) is 4.00. The third-order valence-corrected chi connectivity index (χ3v) is 1.95. The Morgan fingerprint density at radius 1 is 1.80 bits per heavy atom. The van der Waals surface area contributed by atoms with Crippen LogP contribution in [0.15, 0.2) is 17.5 Å². The zero-order valence-electron chi connectivity index (χ0n) is 5.33. The van der Waals surface area contributed by atoms with Crippen molar-refractivity contribution in [1.82, 2.24) is 5.32 Å². The minimum Gasteiger partial charge on any atom is -0.349 e. The van der Waals surface area contributed by atoms with Gasteiger partial charge >= 0.3 is 0 Å². The van der Waals surface area contributed by atoms with Gasteiger partial charge in [0.15, 0.2) is 0 Å². The lowest BCUT2D eigenvalue weighted by atomic mass is 10.3. The fourth-order valence-electron chi connectivity index (χ4n) is 0.622. The van der Waals surface area contributed by atoms with Crippen molar-refractivity contribution in [3.05, 3.63) is 29.4 Å². The van der Waals surface area contributed by atoms with Crippen LogP contribution < -0.4 is 5.32 Å². The molecule has 0 bridgehead atoms. The van der Waals surface area contributed by atoms with E-state index in [4.69, 9.17) is 7.05 Å². The summed E-state index contributed by atoms with van der Waals surface area (Å²) in [6.45, 7) is 0. The number of thiophene rings is 1. The first-order chi connectivity index (χ1) is 4.83. The fraction of sp³-hybridized carbons (Fsp3) is 0.143. The van der Waals surface area contributed by atoms with Crippen LogP contribution in [0.1, 0.15) is 4.88 Å². The van der Waals surface area contributed by atoms with Gasteiger partial charge in [0.05, 0.1) is 13.5 Å². The van der Waals surface area contributed by atoms with Crippen LogP contribution in [0.4, 0.5) is 0 Å². The van der Waals surface area contributed by atoms with Crippen molar-refractivity contribution in [2.45, 2.75) is 6.42 Å². The van der Waals surface area contributed by atoms with Crippen LogP contribution in [0.25, 0.3) is 0 Å². The van der Waals surface area contributed by atoms with Crippen LogP contribution >= 0.6 is 11.3 Å². The van der Waals surface area contributed by atoms with Crippen LogP contribution in [-0.4, -0.2) is 5.91 Å². The second-order valence-electron chi connectivity index (χ2n) is 1.82. The molecule has 0 spiro atoms. The lowest BCUT2D eigenvalue weighted by molar-refractivity contribution is -0.119. The summed E-state index contributed by atoms with van der Waals surface area (Å²) < 4.78 is 0. The molecule has 0 atom stereocenters. The maximum Gasteiger partial charge on any atom is 0.225 e. The summed E-state index contributed by atoms with van der Waals surface area (Å²) in [5.74, 6) is -0.151. The Labute approximate surface area is 63.9 Å². The van der Waals surface area contributed by atoms with Gasteiger partial charge in [-0.15, -0.1) is 11.3 Å². The van der Waals surface area contributed by atoms with E-state index in [1.807, 2.05) is 17.5 Å². The van der Waals surface area contributed by atoms with E-state index in [0.29, 0.717) is 6.42 Å². The Hall–Kier alpha value is -0.830. The molecule has 1 rings (SSSR count). The third-order valence-electron chi connectivity index (χ3n) is 1.08. The first-order valence-corrected chi connectivity index (χ1v) is 3.72. The van der Waals surface area contributed by atoms with Gasteiger partial charge in [-0.25, -0.2) is 0 Å². The lowest BCUT2D eigenvalue weighted by Gasteiger charge is -1.93. The van der Waals surface area contributed by atoms with Crippen molar-refractivity contribution in [2.24, 2.45) is 0 Å². The summed E-state index contributed by atoms with van der Waals surface area (Å²) in [4.78, 5) is 11.7. The SMILES string of the molecule is [CH]NC(=O)Cc1cccs1. The zero-order valence-corrected chi connectivity index (χ0v) is 6.15. The Morgan fingerprint density at radius 2 is 2.60 bits per heavy atom. The first-order valence-electron chi connectivity index (χ1n) is 2.85. The smallest absolute Gasteiger partial charge is 0.225 e. The van der Waals surface area contributed by atoms with Crippen molar-refractivity contribution in [3.8, 4) is 0 Å². The van der Waals surface area contributed by atoms with Gasteiger partial charge in [0, 0.05) is 4.88 Å². The molecule has 0 aliphatic rings. The number of rotatable bonds is 2. The average molecular weight is 153 g/mol. The predicted octanol–water partition coefficient (Wildman–Crippen LogP) is 1.08. The quantitative estimate of drug-likeness (QED) is 0.633. The van der Waals surface area contributed by atoms with Crippen molar-refractivity contribution < 1.29 is 4.79 Å². The minimum atomic E-state index is -0.151. The van der Waals surface area contributed by atoms with E-state index in [1.165, 1.54) is 0 Å². The van der Waals surface area contributed by atoms with Gasteiger partial charge < -0.3 is 5.32 Å². The molecule has 1 N–H and O–H groups in total. The zero-order chi connectivity index (χ0) is 7.40. The van der Waals surface area contributed by atoms with E-state index < -0.39 is 0 Å². The Bertz CT molecular complexity index is 205. The van der Waals surface area contributed by atoms with E-state index in [9.17, 15) is 4.79 Å². The van der Waals surface area contributed by atoms with Crippen LogP contribution in [-0.2, 0) is 11.2 Å². The molecule has 0 saturated carbocycles. The van der Waals surface area contributed by atoms with E-state index in [1.54, 1.807) is 11.3 Å². The standard InChI is InChI=1S/C7H7NOS/c1-8-7(9)5-6-3-2-4-10-6/h1-4H,5H2,(H,8,9). The highest BCUT2D eigenvalue weighted by Crippen LogP contribution is 2.08. The normalized spacial score (nSPS) is 9.30. The second-order valence-corrected chi connectivity index (χ2v) is 2.86. The van der Waals surface area contributed by atoms with E-state index in [2.05, 4.69) is 5.32 Å². The van der Waals surface area contributed by atoms with Crippen molar-refractivity contribution in [1.29, 1.82) is 0 Å². The van der Waals surface area contributed by atoms with Gasteiger partial charge in [0.2, 0.25) is 5.91 Å². The molecule has 1 amide bonds. The summed E-state index contributed by atoms with van der Waals surface area (Å²) in [7, 11) is 4.89. The van der Waals surface area contributed by atoms with E-state index in [0.717, 1.165) is 4.88 Å². The number of carbonyl (C=O) groups is 1. The predicted molar refractivity (Wildman–Crippen MR) is 40.5 cm³/mol. The highest BCUT2D eigenvalue weighted by Gasteiger charge is 1.99. The number of hydrogen-bond acceptors (Lipinski definition) is 2. The minimum absolute atomic E-state index is 0.151. The molecule has 1 aromatic heterocycles. The average Bonchev–Trinajstić information content (AvgIpc) is 2.40. The second kappa shape index (κ2) is 3.37. The molecule has 0 aromatic carbocycles. The summed E-state index contributed by atoms with van der Waals surface area (Å²) >= 11 is 1.55. The molecular formula is C7H7NOS. The molecule has 1 aromatic rings. The van der Waals surface area contributed by atoms with Gasteiger partial charge in [-0.2, -0.15) is 0 Å². The van der Waals surface area contributed by atoms with E-state index >= 15 is 0 Å². The molecule has 10 heavy (non-hydrogen) atoms. The molecule has 0 unspecified atom stereocenters. The molecule has 0 fully saturated rings. The highest BCUT2D eigenvalue weighted by molar-refractivity contribution is 7.10. The summed E-state index contributed by atoms with van der Waals surface area (Å²) in [5.41, 5.74) is 0. The number of nitrogens with one attached hydrogen (secondary N) is 1. The van der Waals surface area contributed by atoms with Crippen LogP contribution in [0, 0.1) is 7.05 Å². The molecule has 0 aliphatic carbocycles. The monoisotopic (exact) mass is 153 g/mol. The van der Waals surface area contributed by atoms with Crippen LogP contribution in [0.3, 0.4) is 0 Å². The summed E-state index contributed by atoms with van der Waals surface area (Å²) in [6, 6.07) is 3.81. The fourth-order valence-corrected chi connectivity index (χ4v) is 1.33. The Kier molecular flexibility index (Phi) is 2.45. The molecular weight excluding hydrogens is 146 g/mol. The topological polar surface area (TPSA) is 29.1 Å². The molecule has 3 heteroatoms. The van der Waals surface area contributed by atoms with Crippen LogP contribution in [0.5, 0.6) is 0 Å². The van der Waals surface area contributed by atoms with E-state index in [-0.39, 0.29) is 5.91 Å². The Balaban J connectivity index is 2.48. The Morgan fingerprint density at radius 3 is 3.10 bits per heavy atom. The van der Waals surface area contributed by atoms with Gasteiger partial charge in [-0.1, -0.05) is 6.07 Å². The number of amides is 1. The van der Waals surface area contributed by atoms with Gasteiger partial charge in [-0.05, 0) is 11.4 Å². The molecule has 2 nitrogen and oxygen atoms in total. The van der Waals surface area contributed by atoms with Crippen molar-refractivity contribution >= 4 is 17.2 Å². The first kappa shape index (κ1) is 7.28. The molecule has 0 saturated heterocycles. The molecule has 0 aliphatic heterocycles. The highest BCUT2D eigenvalue weighted by atomic mass is 32.1. The number of hydrogen-bond donors (Lipinski definition) is 1. The maximum absolute atomic E-state index is 10.6. The molecule has 52 valence electrons. The van der Waals surface area contributed by atoms with Crippen molar-refractivity contribution in [3.63, 3.8) is 0 Å². The molecule has 1 heterocycles. The summed E-state index contributed by atoms with van der Waals surface area (Å²) in [6.07, 6.45) is 0.383. The van der Waals surface area contributed by atoms with Gasteiger partial charge in [0.25, 0.3) is 0 Å². The lowest BCUT2D eigenvalue weighted by Crippen LogP contribution is -2.17. The largest absolute Gasteiger partial charge is 0.349 e. The third kappa shape index (κ3) is 1.84. The maximum atomic E-state index is 10.6. The van der Waals surface area contributed by atoms with Crippen LogP contribution in [0.2, 0.25) is 0 Å². The molecule has 2 radical (unpaired) electrons. The van der Waals surface area contributed by atoms with Gasteiger partial charge in [0.1, 0.15) is 0 Å². The van der Waals surface area contributed by atoms with Crippen molar-refractivity contribution in [2.75, 3.05) is 0 Å². The number of carbonyl (C=O) groups excluding carboxylic acids is 1.